The highest BCUT2D eigenvalue weighted by Gasteiger charge is 2.58. The summed E-state index contributed by atoms with van der Waals surface area (Å²) >= 11 is 0. The van der Waals surface area contributed by atoms with Gasteiger partial charge in [-0.3, -0.25) is 0 Å². The molecule has 1 N–H and O–H groups in total. The number of rotatable bonds is 9. The molecule has 0 saturated carbocycles. The monoisotopic (exact) mass is 507 g/mol. The van der Waals surface area contributed by atoms with Crippen LogP contribution in [0, 0.1) is 5.41 Å². The van der Waals surface area contributed by atoms with Gasteiger partial charge in [0.1, 0.15) is 6.61 Å². The Morgan fingerprint density at radius 2 is 1.31 bits per heavy atom. The number of hydrogen-bond acceptors (Lipinski definition) is 6. The van der Waals surface area contributed by atoms with E-state index in [1.807, 2.05) is 91.0 Å². The van der Waals surface area contributed by atoms with Crippen molar-refractivity contribution in [1.82, 2.24) is 5.06 Å². The lowest BCUT2D eigenvalue weighted by molar-refractivity contribution is -0.205. The molecule has 190 valence electrons. The second-order valence-electron chi connectivity index (χ2n) is 9.40. The van der Waals surface area contributed by atoms with E-state index in [0.29, 0.717) is 0 Å². The molecule has 1 amide bonds. The molecule has 0 aliphatic carbocycles. The molecular formula is C28H33NO6Si. The second kappa shape index (κ2) is 12.0. The number of benzene rings is 3. The summed E-state index contributed by atoms with van der Waals surface area (Å²) in [6.07, 6.45) is -0.891. The Bertz CT molecular complexity index is 1080. The minimum atomic E-state index is -2.59. The maximum atomic E-state index is 13.7. The average molecular weight is 508 g/mol. The van der Waals surface area contributed by atoms with Crippen molar-refractivity contribution < 1.29 is 28.7 Å². The van der Waals surface area contributed by atoms with Crippen LogP contribution in [0.3, 0.4) is 0 Å². The number of nitrogens with zero attached hydrogens (tertiary/aromatic N) is 1. The number of ether oxygens (including phenoxy) is 2. The third-order valence-electron chi connectivity index (χ3n) is 6.13. The molecular weight excluding hydrogens is 474 g/mol. The molecule has 0 spiro atoms. The summed E-state index contributed by atoms with van der Waals surface area (Å²) < 4.78 is 17.2. The van der Waals surface area contributed by atoms with Crippen molar-refractivity contribution in [3.05, 3.63) is 96.6 Å². The Hall–Kier alpha value is -3.46. The highest BCUT2D eigenvalue weighted by molar-refractivity contribution is 6.80. The van der Waals surface area contributed by atoms with Crippen LogP contribution >= 0.6 is 0 Å². The summed E-state index contributed by atoms with van der Waals surface area (Å²) in [6, 6.07) is 28.3. The topological polar surface area (TPSA) is 85.3 Å². The fraction of sp³-hybridized carbons (Fsp3) is 0.286. The summed E-state index contributed by atoms with van der Waals surface area (Å²) in [5, 5.41) is 13.3. The smallest absolute Gasteiger partial charge is 0.434 e. The first kappa shape index (κ1) is 27.1. The van der Waals surface area contributed by atoms with Gasteiger partial charge in [-0.25, -0.2) is 9.59 Å². The zero-order valence-corrected chi connectivity index (χ0v) is 22.2. The highest BCUT2D eigenvalue weighted by Crippen LogP contribution is 2.38. The summed E-state index contributed by atoms with van der Waals surface area (Å²) in [5.41, 5.74) is -2.08. The molecule has 0 saturated heterocycles. The van der Waals surface area contributed by atoms with Crippen LogP contribution in [0.2, 0.25) is 0 Å². The van der Waals surface area contributed by atoms with Gasteiger partial charge in [-0.1, -0.05) is 112 Å². The maximum absolute atomic E-state index is 13.7. The van der Waals surface area contributed by atoms with Crippen LogP contribution in [0.25, 0.3) is 0 Å². The molecule has 0 aliphatic heterocycles. The lowest BCUT2D eigenvalue weighted by Crippen LogP contribution is -2.69. The van der Waals surface area contributed by atoms with Crippen molar-refractivity contribution in [2.24, 2.45) is 5.41 Å². The zero-order chi connectivity index (χ0) is 26.2. The lowest BCUT2D eigenvalue weighted by Gasteiger charge is -2.47. The van der Waals surface area contributed by atoms with E-state index in [0.717, 1.165) is 21.0 Å². The van der Waals surface area contributed by atoms with Crippen molar-refractivity contribution in [1.29, 1.82) is 0 Å². The van der Waals surface area contributed by atoms with Crippen LogP contribution in [-0.2, 0) is 25.4 Å². The van der Waals surface area contributed by atoms with Crippen molar-refractivity contribution >= 4 is 31.5 Å². The van der Waals surface area contributed by atoms with Gasteiger partial charge in [0.25, 0.3) is 9.04 Å². The molecule has 8 heteroatoms. The van der Waals surface area contributed by atoms with Gasteiger partial charge < -0.3 is 19.1 Å². The Balaban J connectivity index is 2.11. The van der Waals surface area contributed by atoms with Gasteiger partial charge in [-0.2, -0.15) is 5.06 Å². The first-order valence-electron chi connectivity index (χ1n) is 11.7. The molecule has 1 atom stereocenters. The molecule has 3 rings (SSSR count). The third-order valence-corrected chi connectivity index (χ3v) is 8.53. The van der Waals surface area contributed by atoms with E-state index in [1.165, 1.54) is 7.11 Å². The first-order chi connectivity index (χ1) is 17.2. The normalized spacial score (nSPS) is 13.1. The van der Waals surface area contributed by atoms with Gasteiger partial charge >= 0.3 is 12.1 Å². The summed E-state index contributed by atoms with van der Waals surface area (Å²) in [5.74, 6) is -0.803. The number of aliphatic hydroxyl groups excluding tert-OH is 1. The quantitative estimate of drug-likeness (QED) is 0.272. The van der Waals surface area contributed by atoms with Gasteiger partial charge in [0.15, 0.2) is 5.54 Å². The summed E-state index contributed by atoms with van der Waals surface area (Å²) in [4.78, 5) is 27.0. The molecule has 0 unspecified atom stereocenters. The average Bonchev–Trinajstić information content (AvgIpc) is 2.90. The second-order valence-corrected chi connectivity index (χ2v) is 11.7. The predicted octanol–water partition coefficient (Wildman–Crippen LogP) is 3.05. The molecule has 0 heterocycles. The molecule has 3 aromatic carbocycles. The van der Waals surface area contributed by atoms with Gasteiger partial charge in [-0.15, -0.1) is 0 Å². The van der Waals surface area contributed by atoms with Crippen molar-refractivity contribution in [2.75, 3.05) is 13.7 Å². The number of hydrogen-bond donors (Lipinski definition) is 1. The molecule has 36 heavy (non-hydrogen) atoms. The Morgan fingerprint density at radius 1 is 0.833 bits per heavy atom. The molecule has 3 aromatic rings. The number of carbonyl (C=O) groups is 2. The fourth-order valence-corrected chi connectivity index (χ4v) is 6.22. The molecule has 0 fully saturated rings. The van der Waals surface area contributed by atoms with E-state index in [9.17, 15) is 14.7 Å². The minimum Gasteiger partial charge on any atom is -0.467 e. The summed E-state index contributed by atoms with van der Waals surface area (Å²) in [7, 11) is -1.38. The van der Waals surface area contributed by atoms with Crippen LogP contribution in [0.4, 0.5) is 4.79 Å². The van der Waals surface area contributed by atoms with Gasteiger partial charge in [0, 0.05) is 5.41 Å². The van der Waals surface area contributed by atoms with Crippen molar-refractivity contribution in [2.45, 2.75) is 32.9 Å². The maximum Gasteiger partial charge on any atom is 0.434 e. The van der Waals surface area contributed by atoms with Crippen molar-refractivity contribution in [3.63, 3.8) is 0 Å². The van der Waals surface area contributed by atoms with E-state index in [2.05, 4.69) is 0 Å². The number of esters is 1. The Labute approximate surface area is 213 Å². The highest BCUT2D eigenvalue weighted by atomic mass is 28.3. The fourth-order valence-electron chi connectivity index (χ4n) is 3.97. The van der Waals surface area contributed by atoms with E-state index >= 15 is 0 Å². The zero-order valence-electron chi connectivity index (χ0n) is 21.1. The number of aliphatic hydroxyl groups is 1. The van der Waals surface area contributed by atoms with Crippen molar-refractivity contribution in [3.8, 4) is 0 Å². The largest absolute Gasteiger partial charge is 0.467 e. The molecule has 0 aliphatic rings. The lowest BCUT2D eigenvalue weighted by atomic mass is 9.73. The van der Waals surface area contributed by atoms with Gasteiger partial charge in [-0.05, 0) is 15.9 Å². The number of hydroxylamine groups is 2. The number of carbonyl (C=O) groups excluding carboxylic acids is 2. The molecule has 0 aromatic heterocycles. The standard InChI is InChI=1S/C28H33NO6Si/c1-27(2,3)28(21-30,25(31)33-4)29(26(32)34-20-22-14-8-5-9-15-22)35-36(23-16-10-6-11-17-23)24-18-12-7-13-19-24/h5-19,30,36H,20-21H2,1-4H3/t28-/m0/s1. The van der Waals surface area contributed by atoms with E-state index in [1.54, 1.807) is 20.8 Å². The van der Waals surface area contributed by atoms with Crippen LogP contribution < -0.4 is 10.4 Å². The van der Waals surface area contributed by atoms with E-state index in [-0.39, 0.29) is 6.61 Å². The predicted molar refractivity (Wildman–Crippen MR) is 140 cm³/mol. The third kappa shape index (κ3) is 5.84. The number of methoxy groups -OCH3 is 1. The molecule has 7 nitrogen and oxygen atoms in total. The van der Waals surface area contributed by atoms with Gasteiger partial charge in [0.2, 0.25) is 0 Å². The van der Waals surface area contributed by atoms with E-state index < -0.39 is 38.7 Å². The van der Waals surface area contributed by atoms with Crippen LogP contribution in [-0.4, -0.2) is 50.5 Å². The first-order valence-corrected chi connectivity index (χ1v) is 13.3. The molecule has 0 radical (unpaired) electrons. The minimum absolute atomic E-state index is 0.0325. The van der Waals surface area contributed by atoms with E-state index in [4.69, 9.17) is 14.0 Å². The van der Waals surface area contributed by atoms with Crippen LogP contribution in [0.1, 0.15) is 26.3 Å². The SMILES string of the molecule is COC(=O)[C@](CO)(N(O[SiH](c1ccccc1)c1ccccc1)C(=O)OCc1ccccc1)C(C)(C)C. The number of amides is 1. The molecule has 0 bridgehead atoms. The summed E-state index contributed by atoms with van der Waals surface area (Å²) in [6.45, 7) is 4.46. The van der Waals surface area contributed by atoms with Crippen LogP contribution in [0.5, 0.6) is 0 Å². The Morgan fingerprint density at radius 3 is 1.72 bits per heavy atom. The van der Waals surface area contributed by atoms with Gasteiger partial charge in [0.05, 0.1) is 13.7 Å². The van der Waals surface area contributed by atoms with Crippen LogP contribution in [0.15, 0.2) is 91.0 Å². The Kier molecular flexibility index (Phi) is 9.03.